The van der Waals surface area contributed by atoms with Crippen molar-refractivity contribution in [3.8, 4) is 5.75 Å². The summed E-state index contributed by atoms with van der Waals surface area (Å²) in [5.41, 5.74) is 7.18. The number of halogens is 2. The van der Waals surface area contributed by atoms with Gasteiger partial charge < -0.3 is 20.1 Å². The van der Waals surface area contributed by atoms with Crippen LogP contribution in [0.5, 0.6) is 5.75 Å². The molecular formula is C17H20ClFN4O2. The van der Waals surface area contributed by atoms with Gasteiger partial charge in [0.15, 0.2) is 11.6 Å². The first-order valence-electron chi connectivity index (χ1n) is 7.98. The molecule has 2 aromatic rings. The quantitative estimate of drug-likeness (QED) is 0.899. The first kappa shape index (κ1) is 17.7. The maximum Gasteiger partial charge on any atom is 0.222 e. The summed E-state index contributed by atoms with van der Waals surface area (Å²) in [4.78, 5) is 10.5. The molecule has 1 aliphatic heterocycles. The standard InChI is InChI=1S/C17H20ClFN4O2/c1-10-6-16(22-17(20)21-10)23-4-3-5-25-9-14(23)11-7-13(19)15(24-2)8-12(11)18/h6-8,14H,3-5,9H2,1-2H3,(H2,20,21,22). The summed E-state index contributed by atoms with van der Waals surface area (Å²) in [6, 6.07) is 4.44. The summed E-state index contributed by atoms with van der Waals surface area (Å²) in [6.45, 7) is 3.52. The van der Waals surface area contributed by atoms with Gasteiger partial charge >= 0.3 is 0 Å². The number of methoxy groups -OCH3 is 1. The third-order valence-electron chi connectivity index (χ3n) is 4.12. The van der Waals surface area contributed by atoms with Crippen LogP contribution in [-0.2, 0) is 4.74 Å². The second-order valence-corrected chi connectivity index (χ2v) is 6.28. The Hall–Kier alpha value is -2.12. The van der Waals surface area contributed by atoms with Gasteiger partial charge in [-0.25, -0.2) is 9.37 Å². The maximum absolute atomic E-state index is 14.3. The lowest BCUT2D eigenvalue weighted by Crippen LogP contribution is -2.32. The van der Waals surface area contributed by atoms with Gasteiger partial charge in [0, 0.05) is 36.0 Å². The molecule has 3 rings (SSSR count). The molecule has 0 saturated carbocycles. The minimum atomic E-state index is -0.468. The molecule has 2 heterocycles. The van der Waals surface area contributed by atoms with Crippen LogP contribution in [0.4, 0.5) is 16.2 Å². The fourth-order valence-corrected chi connectivity index (χ4v) is 3.27. The zero-order chi connectivity index (χ0) is 18.0. The second-order valence-electron chi connectivity index (χ2n) is 5.87. The molecule has 0 bridgehead atoms. The van der Waals surface area contributed by atoms with E-state index < -0.39 is 5.82 Å². The van der Waals surface area contributed by atoms with Crippen LogP contribution in [0.15, 0.2) is 18.2 Å². The summed E-state index contributed by atoms with van der Waals surface area (Å²) >= 11 is 6.40. The van der Waals surface area contributed by atoms with Crippen LogP contribution in [-0.4, -0.2) is 36.8 Å². The Morgan fingerprint density at radius 2 is 2.16 bits per heavy atom. The normalized spacial score (nSPS) is 18.1. The van der Waals surface area contributed by atoms with Gasteiger partial charge in [-0.3, -0.25) is 0 Å². The predicted octanol–water partition coefficient (Wildman–Crippen LogP) is 3.14. The lowest BCUT2D eigenvalue weighted by Gasteiger charge is -2.31. The van der Waals surface area contributed by atoms with E-state index in [1.165, 1.54) is 19.2 Å². The number of nitrogen functional groups attached to an aromatic ring is 1. The summed E-state index contributed by atoms with van der Waals surface area (Å²) in [7, 11) is 1.40. The molecule has 6 nitrogen and oxygen atoms in total. The van der Waals surface area contributed by atoms with Crippen LogP contribution in [0.3, 0.4) is 0 Å². The van der Waals surface area contributed by atoms with Crippen molar-refractivity contribution in [2.24, 2.45) is 0 Å². The monoisotopic (exact) mass is 366 g/mol. The van der Waals surface area contributed by atoms with E-state index in [0.29, 0.717) is 36.2 Å². The molecule has 0 radical (unpaired) electrons. The molecule has 1 aromatic carbocycles. The Morgan fingerprint density at radius 3 is 2.88 bits per heavy atom. The lowest BCUT2D eigenvalue weighted by atomic mass is 10.0. The van der Waals surface area contributed by atoms with Crippen LogP contribution in [0.25, 0.3) is 0 Å². The smallest absolute Gasteiger partial charge is 0.222 e. The van der Waals surface area contributed by atoms with E-state index in [1.54, 1.807) is 0 Å². The molecule has 8 heteroatoms. The van der Waals surface area contributed by atoms with Crippen molar-refractivity contribution in [1.82, 2.24) is 9.97 Å². The Balaban J connectivity index is 2.06. The van der Waals surface area contributed by atoms with Crippen molar-refractivity contribution in [3.05, 3.63) is 40.3 Å². The number of aryl methyl sites for hydroxylation is 1. The second kappa shape index (κ2) is 7.41. The number of benzene rings is 1. The third kappa shape index (κ3) is 3.77. The van der Waals surface area contributed by atoms with Crippen LogP contribution in [0.2, 0.25) is 5.02 Å². The zero-order valence-electron chi connectivity index (χ0n) is 14.1. The van der Waals surface area contributed by atoms with Crippen LogP contribution < -0.4 is 15.4 Å². The van der Waals surface area contributed by atoms with Gasteiger partial charge in [0.2, 0.25) is 5.95 Å². The summed E-state index contributed by atoms with van der Waals surface area (Å²) in [5.74, 6) is 0.514. The molecule has 0 aliphatic carbocycles. The van der Waals surface area contributed by atoms with Crippen molar-refractivity contribution in [2.45, 2.75) is 19.4 Å². The van der Waals surface area contributed by atoms with Crippen molar-refractivity contribution in [1.29, 1.82) is 0 Å². The maximum atomic E-state index is 14.3. The summed E-state index contributed by atoms with van der Waals surface area (Å²) in [6.07, 6.45) is 0.815. The Kier molecular flexibility index (Phi) is 5.24. The number of rotatable bonds is 3. The van der Waals surface area contributed by atoms with Gasteiger partial charge in [0.05, 0.1) is 19.8 Å². The molecule has 1 aliphatic rings. The number of aromatic nitrogens is 2. The fraction of sp³-hybridized carbons (Fsp3) is 0.412. The molecule has 134 valence electrons. The average Bonchev–Trinajstić information content (AvgIpc) is 2.81. The molecule has 1 aromatic heterocycles. The average molecular weight is 367 g/mol. The highest BCUT2D eigenvalue weighted by Crippen LogP contribution is 2.36. The van der Waals surface area contributed by atoms with Gasteiger partial charge in [0.1, 0.15) is 5.82 Å². The SMILES string of the molecule is COc1cc(Cl)c(C2COCCCN2c2cc(C)nc(N)n2)cc1F. The van der Waals surface area contributed by atoms with E-state index in [-0.39, 0.29) is 17.7 Å². The van der Waals surface area contributed by atoms with E-state index >= 15 is 0 Å². The third-order valence-corrected chi connectivity index (χ3v) is 4.45. The summed E-state index contributed by atoms with van der Waals surface area (Å²) in [5, 5.41) is 0.414. The fourth-order valence-electron chi connectivity index (χ4n) is 2.99. The first-order chi connectivity index (χ1) is 12.0. The molecule has 1 unspecified atom stereocenters. The van der Waals surface area contributed by atoms with E-state index in [4.69, 9.17) is 26.8 Å². The topological polar surface area (TPSA) is 73.5 Å². The minimum Gasteiger partial charge on any atom is -0.494 e. The van der Waals surface area contributed by atoms with Crippen LogP contribution in [0, 0.1) is 12.7 Å². The molecule has 1 fully saturated rings. The van der Waals surface area contributed by atoms with Crippen LogP contribution in [0.1, 0.15) is 23.7 Å². The van der Waals surface area contributed by atoms with Crippen molar-refractivity contribution in [3.63, 3.8) is 0 Å². The van der Waals surface area contributed by atoms with E-state index in [1.807, 2.05) is 17.9 Å². The largest absolute Gasteiger partial charge is 0.494 e. The lowest BCUT2D eigenvalue weighted by molar-refractivity contribution is 0.134. The van der Waals surface area contributed by atoms with Crippen LogP contribution >= 0.6 is 11.6 Å². The number of anilines is 2. The molecule has 1 saturated heterocycles. The first-order valence-corrected chi connectivity index (χ1v) is 8.36. The number of nitrogens with zero attached hydrogens (tertiary/aromatic N) is 3. The van der Waals surface area contributed by atoms with Crippen molar-refractivity contribution in [2.75, 3.05) is 37.5 Å². The van der Waals surface area contributed by atoms with Gasteiger partial charge in [-0.05, 0) is 25.0 Å². The summed E-state index contributed by atoms with van der Waals surface area (Å²) < 4.78 is 24.9. The van der Waals surface area contributed by atoms with Crippen molar-refractivity contribution < 1.29 is 13.9 Å². The highest BCUT2D eigenvalue weighted by atomic mass is 35.5. The molecule has 2 N–H and O–H groups in total. The van der Waals surface area contributed by atoms with Crippen molar-refractivity contribution >= 4 is 23.4 Å². The number of nitrogens with two attached hydrogens (primary N) is 1. The number of hydrogen-bond donors (Lipinski definition) is 1. The van der Waals surface area contributed by atoms with Gasteiger partial charge in [0.25, 0.3) is 0 Å². The van der Waals surface area contributed by atoms with E-state index in [9.17, 15) is 4.39 Å². The van der Waals surface area contributed by atoms with Gasteiger partial charge in [-0.2, -0.15) is 4.98 Å². The predicted molar refractivity (Wildman–Crippen MR) is 94.7 cm³/mol. The Labute approximate surface area is 150 Å². The molecule has 1 atom stereocenters. The number of hydrogen-bond acceptors (Lipinski definition) is 6. The molecular weight excluding hydrogens is 347 g/mol. The minimum absolute atomic E-state index is 0.108. The number of ether oxygens (including phenoxy) is 2. The zero-order valence-corrected chi connectivity index (χ0v) is 14.9. The highest BCUT2D eigenvalue weighted by molar-refractivity contribution is 6.31. The Bertz CT molecular complexity index is 754. The molecule has 0 amide bonds. The Morgan fingerprint density at radius 1 is 1.36 bits per heavy atom. The highest BCUT2D eigenvalue weighted by Gasteiger charge is 2.28. The van der Waals surface area contributed by atoms with Gasteiger partial charge in [-0.15, -0.1) is 0 Å². The molecule has 0 spiro atoms. The van der Waals surface area contributed by atoms with Gasteiger partial charge in [-0.1, -0.05) is 11.6 Å². The molecule has 25 heavy (non-hydrogen) atoms. The van der Waals surface area contributed by atoms with E-state index in [0.717, 1.165) is 12.1 Å². The van der Waals surface area contributed by atoms with E-state index in [2.05, 4.69) is 9.97 Å².